The van der Waals surface area contributed by atoms with Crippen molar-refractivity contribution in [1.82, 2.24) is 10.2 Å². The predicted octanol–water partition coefficient (Wildman–Crippen LogP) is 0.0908. The topological polar surface area (TPSA) is 41.6 Å². The third-order valence-corrected chi connectivity index (χ3v) is 1.92. The Labute approximate surface area is 80.2 Å². The molecular weight excluding hydrogens is 168 g/mol. The Kier molecular flexibility index (Phi) is 7.63. The van der Waals surface area contributed by atoms with Gasteiger partial charge in [-0.05, 0) is 13.1 Å². The lowest BCUT2D eigenvalue weighted by molar-refractivity contribution is -0.124. The summed E-state index contributed by atoms with van der Waals surface area (Å²) < 4.78 is 4.69. The van der Waals surface area contributed by atoms with Gasteiger partial charge in [0.2, 0.25) is 5.91 Å². The van der Waals surface area contributed by atoms with E-state index in [0.717, 1.165) is 19.6 Å². The highest BCUT2D eigenvalue weighted by Gasteiger charge is 2.01. The number of likely N-dealkylation sites (N-methyl/N-ethyl adjacent to an activating group) is 1. The van der Waals surface area contributed by atoms with Crippen molar-refractivity contribution < 1.29 is 9.53 Å². The second-order valence-corrected chi connectivity index (χ2v) is 2.81. The number of amides is 1. The average molecular weight is 188 g/mol. The molecule has 0 atom stereocenters. The zero-order valence-corrected chi connectivity index (χ0v) is 8.80. The lowest BCUT2D eigenvalue weighted by atomic mass is 10.4. The molecule has 0 aliphatic carbocycles. The second kappa shape index (κ2) is 8.01. The van der Waals surface area contributed by atoms with Gasteiger partial charge in [0.05, 0.1) is 0 Å². The fourth-order valence-electron chi connectivity index (χ4n) is 1.08. The minimum atomic E-state index is -0.0466. The van der Waals surface area contributed by atoms with Crippen LogP contribution in [0, 0.1) is 0 Å². The van der Waals surface area contributed by atoms with Gasteiger partial charge in [-0.3, -0.25) is 4.79 Å². The quantitative estimate of drug-likeness (QED) is 0.615. The van der Waals surface area contributed by atoms with Gasteiger partial charge >= 0.3 is 0 Å². The van der Waals surface area contributed by atoms with Gasteiger partial charge in [-0.15, -0.1) is 0 Å². The number of ether oxygens (including phenoxy) is 1. The molecule has 0 bridgehead atoms. The average Bonchev–Trinajstić information content (AvgIpc) is 2.13. The molecule has 4 heteroatoms. The zero-order valence-electron chi connectivity index (χ0n) is 8.80. The van der Waals surface area contributed by atoms with Crippen molar-refractivity contribution in [2.24, 2.45) is 0 Å². The molecule has 13 heavy (non-hydrogen) atoms. The molecule has 0 unspecified atom stereocenters. The van der Waals surface area contributed by atoms with Crippen molar-refractivity contribution >= 4 is 5.91 Å². The summed E-state index contributed by atoms with van der Waals surface area (Å²) in [5.41, 5.74) is 0. The smallest absolute Gasteiger partial charge is 0.246 e. The van der Waals surface area contributed by atoms with Gasteiger partial charge in [0.1, 0.15) is 6.61 Å². The first-order chi connectivity index (χ1) is 6.24. The van der Waals surface area contributed by atoms with Gasteiger partial charge in [0, 0.05) is 20.2 Å². The summed E-state index contributed by atoms with van der Waals surface area (Å²) in [5.74, 6) is -0.0466. The number of hydrogen-bond acceptors (Lipinski definition) is 3. The molecular formula is C9H20N2O2. The van der Waals surface area contributed by atoms with Crippen molar-refractivity contribution in [3.63, 3.8) is 0 Å². The maximum atomic E-state index is 10.9. The maximum absolute atomic E-state index is 10.9. The molecule has 1 amide bonds. The van der Waals surface area contributed by atoms with Crippen LogP contribution < -0.4 is 5.32 Å². The van der Waals surface area contributed by atoms with E-state index in [1.165, 1.54) is 7.11 Å². The van der Waals surface area contributed by atoms with E-state index in [0.29, 0.717) is 6.54 Å². The molecule has 0 radical (unpaired) electrons. The Hall–Kier alpha value is -0.610. The number of hydrogen-bond donors (Lipinski definition) is 1. The third kappa shape index (κ3) is 6.54. The van der Waals surface area contributed by atoms with E-state index >= 15 is 0 Å². The number of carbonyl (C=O) groups is 1. The molecule has 78 valence electrons. The van der Waals surface area contributed by atoms with Crippen LogP contribution in [0.1, 0.15) is 13.8 Å². The van der Waals surface area contributed by atoms with E-state index in [4.69, 9.17) is 0 Å². The molecule has 1 N–H and O–H groups in total. The number of nitrogens with zero attached hydrogens (tertiary/aromatic N) is 1. The Balaban J connectivity index is 3.37. The molecule has 0 aromatic rings. The van der Waals surface area contributed by atoms with Crippen molar-refractivity contribution in [3.8, 4) is 0 Å². The van der Waals surface area contributed by atoms with Gasteiger partial charge < -0.3 is 15.0 Å². The Morgan fingerprint density at radius 3 is 2.46 bits per heavy atom. The summed E-state index contributed by atoms with van der Waals surface area (Å²) in [7, 11) is 1.52. The number of nitrogens with one attached hydrogen (secondary N) is 1. The Morgan fingerprint density at radius 2 is 2.00 bits per heavy atom. The van der Waals surface area contributed by atoms with E-state index in [1.807, 2.05) is 0 Å². The first-order valence-electron chi connectivity index (χ1n) is 4.72. The highest BCUT2D eigenvalue weighted by atomic mass is 16.5. The molecule has 0 spiro atoms. The molecule has 0 heterocycles. The van der Waals surface area contributed by atoms with Crippen molar-refractivity contribution in [1.29, 1.82) is 0 Å². The summed E-state index contributed by atoms with van der Waals surface area (Å²) >= 11 is 0. The number of rotatable bonds is 7. The van der Waals surface area contributed by atoms with Crippen LogP contribution in [0.4, 0.5) is 0 Å². The normalized spacial score (nSPS) is 10.5. The van der Waals surface area contributed by atoms with Crippen LogP contribution in [0.15, 0.2) is 0 Å². The minimum absolute atomic E-state index is 0.0466. The molecule has 4 nitrogen and oxygen atoms in total. The molecule has 0 aliphatic heterocycles. The third-order valence-electron chi connectivity index (χ3n) is 1.92. The predicted molar refractivity (Wildman–Crippen MR) is 52.7 cm³/mol. The highest BCUT2D eigenvalue weighted by molar-refractivity contribution is 5.77. The van der Waals surface area contributed by atoms with Crippen LogP contribution in [-0.2, 0) is 9.53 Å². The fraction of sp³-hybridized carbons (Fsp3) is 0.889. The lowest BCUT2D eigenvalue weighted by Gasteiger charge is -2.17. The van der Waals surface area contributed by atoms with Crippen LogP contribution in [0.5, 0.6) is 0 Å². The van der Waals surface area contributed by atoms with Crippen molar-refractivity contribution in [3.05, 3.63) is 0 Å². The number of methoxy groups -OCH3 is 1. The summed E-state index contributed by atoms with van der Waals surface area (Å²) in [4.78, 5) is 13.2. The Bertz CT molecular complexity index is 136. The summed E-state index contributed by atoms with van der Waals surface area (Å²) in [6.45, 7) is 8.03. The van der Waals surface area contributed by atoms with Crippen LogP contribution in [-0.4, -0.2) is 50.7 Å². The van der Waals surface area contributed by atoms with Gasteiger partial charge in [0.25, 0.3) is 0 Å². The molecule has 0 aromatic carbocycles. The standard InChI is InChI=1S/C9H20N2O2/c1-4-11(5-2)7-6-10-9(12)8-13-3/h4-8H2,1-3H3,(H,10,12). The zero-order chi connectivity index (χ0) is 10.1. The van der Waals surface area contributed by atoms with Crippen molar-refractivity contribution in [2.45, 2.75) is 13.8 Å². The monoisotopic (exact) mass is 188 g/mol. The molecule has 0 aliphatic rings. The molecule has 0 rings (SSSR count). The van der Waals surface area contributed by atoms with Gasteiger partial charge in [-0.1, -0.05) is 13.8 Å². The van der Waals surface area contributed by atoms with Gasteiger partial charge in [0.15, 0.2) is 0 Å². The van der Waals surface area contributed by atoms with E-state index < -0.39 is 0 Å². The summed E-state index contributed by atoms with van der Waals surface area (Å²) in [5, 5.41) is 2.78. The van der Waals surface area contributed by atoms with E-state index in [9.17, 15) is 4.79 Å². The molecule has 0 saturated heterocycles. The van der Waals surface area contributed by atoms with Gasteiger partial charge in [-0.25, -0.2) is 0 Å². The van der Waals surface area contributed by atoms with Gasteiger partial charge in [-0.2, -0.15) is 0 Å². The summed E-state index contributed by atoms with van der Waals surface area (Å²) in [6, 6.07) is 0. The highest BCUT2D eigenvalue weighted by Crippen LogP contribution is 1.83. The molecule has 0 aromatic heterocycles. The van der Waals surface area contributed by atoms with Crippen LogP contribution in [0.25, 0.3) is 0 Å². The second-order valence-electron chi connectivity index (χ2n) is 2.81. The maximum Gasteiger partial charge on any atom is 0.246 e. The molecule has 0 fully saturated rings. The Morgan fingerprint density at radius 1 is 1.38 bits per heavy atom. The SMILES string of the molecule is CCN(CC)CCNC(=O)COC. The van der Waals surface area contributed by atoms with Crippen LogP contribution in [0.2, 0.25) is 0 Å². The lowest BCUT2D eigenvalue weighted by Crippen LogP contribution is -2.36. The first-order valence-corrected chi connectivity index (χ1v) is 4.72. The van der Waals surface area contributed by atoms with Crippen LogP contribution in [0.3, 0.4) is 0 Å². The van der Waals surface area contributed by atoms with E-state index in [-0.39, 0.29) is 12.5 Å². The minimum Gasteiger partial charge on any atom is -0.375 e. The fourth-order valence-corrected chi connectivity index (χ4v) is 1.08. The van der Waals surface area contributed by atoms with Crippen molar-refractivity contribution in [2.75, 3.05) is 39.9 Å². The largest absolute Gasteiger partial charge is 0.375 e. The number of carbonyl (C=O) groups excluding carboxylic acids is 1. The molecule has 0 saturated carbocycles. The first kappa shape index (κ1) is 12.4. The van der Waals surface area contributed by atoms with Crippen LogP contribution >= 0.6 is 0 Å². The van der Waals surface area contributed by atoms with E-state index in [2.05, 4.69) is 28.8 Å². The van der Waals surface area contributed by atoms with E-state index in [1.54, 1.807) is 0 Å². The summed E-state index contributed by atoms with van der Waals surface area (Å²) in [6.07, 6.45) is 0.